The van der Waals surface area contributed by atoms with Crippen molar-refractivity contribution in [3.05, 3.63) is 103 Å². The number of carbonyl (C=O) groups excluding carboxylic acids is 1. The number of anilines is 1. The molecule has 1 amide bonds. The number of benzene rings is 2. The van der Waals surface area contributed by atoms with Gasteiger partial charge < -0.3 is 19.7 Å². The van der Waals surface area contributed by atoms with Gasteiger partial charge in [-0.3, -0.25) is 9.48 Å². The maximum atomic E-state index is 15.1. The van der Waals surface area contributed by atoms with Gasteiger partial charge >= 0.3 is 0 Å². The van der Waals surface area contributed by atoms with E-state index in [-0.39, 0.29) is 39.4 Å². The Labute approximate surface area is 306 Å². The zero-order valence-electron chi connectivity index (χ0n) is 30.2. The predicted molar refractivity (Wildman–Crippen MR) is 199 cm³/mol. The molecule has 4 aromatic rings. The first-order valence-corrected chi connectivity index (χ1v) is 20.1. The number of halogens is 1. The molecule has 12 heteroatoms. The van der Waals surface area contributed by atoms with Crippen molar-refractivity contribution in [3.8, 4) is 0 Å². The normalized spacial score (nSPS) is 21.5. The van der Waals surface area contributed by atoms with Crippen LogP contribution in [0.1, 0.15) is 50.4 Å². The number of imidazole rings is 1. The highest BCUT2D eigenvalue weighted by Gasteiger charge is 2.52. The predicted octanol–water partition coefficient (Wildman–Crippen LogP) is 5.41. The maximum Gasteiger partial charge on any atom is 0.243 e. The number of hydrogen-bond donors (Lipinski definition) is 1. The second-order valence-electron chi connectivity index (χ2n) is 14.9. The largest absolute Gasteiger partial charge is 0.371 e. The summed E-state index contributed by atoms with van der Waals surface area (Å²) in [6, 6.07) is 14.4. The molecule has 2 saturated heterocycles. The van der Waals surface area contributed by atoms with Gasteiger partial charge in [-0.15, -0.1) is 0 Å². The summed E-state index contributed by atoms with van der Waals surface area (Å²) in [7, 11) is -1.90. The van der Waals surface area contributed by atoms with Crippen LogP contribution in [0.3, 0.4) is 0 Å². The van der Waals surface area contributed by atoms with Crippen LogP contribution in [0.5, 0.6) is 0 Å². The quantitative estimate of drug-likeness (QED) is 0.184. The van der Waals surface area contributed by atoms with Gasteiger partial charge in [0.05, 0.1) is 11.1 Å². The number of hydrogen-bond acceptors (Lipinski definition) is 7. The van der Waals surface area contributed by atoms with Gasteiger partial charge in [0.25, 0.3) is 0 Å². The molecular weight excluding hydrogens is 678 g/mol. The van der Waals surface area contributed by atoms with Crippen molar-refractivity contribution in [2.24, 2.45) is 24.8 Å². The zero-order valence-corrected chi connectivity index (χ0v) is 31.0. The van der Waals surface area contributed by atoms with Gasteiger partial charge in [-0.05, 0) is 98.6 Å². The number of nitrogens with one attached hydrogen (secondary N) is 1. The van der Waals surface area contributed by atoms with E-state index in [1.54, 1.807) is 25.2 Å². The van der Waals surface area contributed by atoms with Crippen LogP contribution in [0, 0.1) is 23.6 Å². The molecule has 276 valence electrons. The van der Waals surface area contributed by atoms with E-state index in [9.17, 15) is 13.2 Å². The summed E-state index contributed by atoms with van der Waals surface area (Å²) in [5.41, 5.74) is 1.64. The average Bonchev–Trinajstić information content (AvgIpc) is 3.90. The Balaban J connectivity index is 1.06. The van der Waals surface area contributed by atoms with Crippen LogP contribution < -0.4 is 10.2 Å². The van der Waals surface area contributed by atoms with Crippen LogP contribution >= 0.6 is 0 Å². The molecule has 2 aromatic carbocycles. The van der Waals surface area contributed by atoms with E-state index < -0.39 is 15.3 Å². The van der Waals surface area contributed by atoms with Crippen molar-refractivity contribution in [2.75, 3.05) is 37.6 Å². The minimum Gasteiger partial charge on any atom is -0.371 e. The third-order valence-electron chi connectivity index (χ3n) is 11.9. The molecule has 2 aromatic heterocycles. The summed E-state index contributed by atoms with van der Waals surface area (Å²) >= 11 is 0. The van der Waals surface area contributed by atoms with Gasteiger partial charge in [0.1, 0.15) is 16.5 Å². The van der Waals surface area contributed by atoms with Gasteiger partial charge in [0.15, 0.2) is 0 Å². The number of aromatic nitrogens is 4. The van der Waals surface area contributed by atoms with E-state index in [0.717, 1.165) is 88.3 Å². The molecule has 10 nitrogen and oxygen atoms in total. The fourth-order valence-corrected chi connectivity index (χ4v) is 10.6. The van der Waals surface area contributed by atoms with E-state index in [4.69, 9.17) is 0 Å². The molecule has 7 rings (SSSR count). The van der Waals surface area contributed by atoms with Gasteiger partial charge in [-0.1, -0.05) is 32.1 Å². The van der Waals surface area contributed by atoms with Crippen LogP contribution in [0.15, 0.2) is 95.8 Å². The SMILES string of the molecule is C=CC(=O)N[C@H]1CCC[C@@H]1C(Cn1ccnc1CC)(c1cccc(F)c1)C1CCN(CC2CN(c3ccc(S(=O)(=O)c4cnn(C)c4)cc3)C2)CC1. The fourth-order valence-electron chi connectivity index (χ4n) is 9.34. The van der Waals surface area contributed by atoms with Crippen molar-refractivity contribution in [1.29, 1.82) is 0 Å². The minimum atomic E-state index is -3.60. The number of amides is 1. The summed E-state index contributed by atoms with van der Waals surface area (Å²) < 4.78 is 44.9. The second kappa shape index (κ2) is 15.0. The Hall–Kier alpha value is -4.29. The topological polar surface area (TPSA) is 105 Å². The Bertz CT molecular complexity index is 1980. The summed E-state index contributed by atoms with van der Waals surface area (Å²) in [6.07, 6.45) is 13.8. The number of carbonyl (C=O) groups is 1. The molecule has 0 spiro atoms. The summed E-state index contributed by atoms with van der Waals surface area (Å²) in [4.78, 5) is 22.7. The van der Waals surface area contributed by atoms with Gasteiger partial charge in [-0.25, -0.2) is 17.8 Å². The highest BCUT2D eigenvalue weighted by atomic mass is 32.2. The number of rotatable bonds is 13. The molecule has 3 atom stereocenters. The van der Waals surface area contributed by atoms with Crippen molar-refractivity contribution in [2.45, 2.75) is 73.2 Å². The molecule has 4 heterocycles. The third kappa shape index (κ3) is 7.07. The van der Waals surface area contributed by atoms with Crippen molar-refractivity contribution >= 4 is 21.4 Å². The first-order chi connectivity index (χ1) is 25.1. The molecule has 0 radical (unpaired) electrons. The van der Waals surface area contributed by atoms with Crippen molar-refractivity contribution in [1.82, 2.24) is 29.5 Å². The van der Waals surface area contributed by atoms with Crippen LogP contribution in [-0.4, -0.2) is 77.3 Å². The summed E-state index contributed by atoms with van der Waals surface area (Å²) in [6.45, 7) is 11.3. The van der Waals surface area contributed by atoms with Crippen molar-refractivity contribution < 1.29 is 17.6 Å². The van der Waals surface area contributed by atoms with E-state index >= 15 is 4.39 Å². The minimum absolute atomic E-state index is 0.0223. The Morgan fingerprint density at radius 3 is 2.52 bits per heavy atom. The van der Waals surface area contributed by atoms with Gasteiger partial charge in [0, 0.05) is 81.3 Å². The smallest absolute Gasteiger partial charge is 0.243 e. The lowest BCUT2D eigenvalue weighted by molar-refractivity contribution is -0.117. The van der Waals surface area contributed by atoms with E-state index in [1.807, 2.05) is 24.4 Å². The van der Waals surface area contributed by atoms with Crippen LogP contribution in [0.2, 0.25) is 0 Å². The number of sulfone groups is 1. The van der Waals surface area contributed by atoms with Crippen LogP contribution in [0.4, 0.5) is 10.1 Å². The highest BCUT2D eigenvalue weighted by molar-refractivity contribution is 7.91. The first-order valence-electron chi connectivity index (χ1n) is 18.6. The van der Waals surface area contributed by atoms with Crippen molar-refractivity contribution in [3.63, 3.8) is 0 Å². The molecule has 1 unspecified atom stereocenters. The summed E-state index contributed by atoms with van der Waals surface area (Å²) in [5, 5.41) is 7.29. The van der Waals surface area contributed by atoms with Gasteiger partial charge in [-0.2, -0.15) is 5.10 Å². The van der Waals surface area contributed by atoms with E-state index in [0.29, 0.717) is 12.5 Å². The number of aryl methyl sites for hydroxylation is 2. The monoisotopic (exact) mass is 727 g/mol. The lowest BCUT2D eigenvalue weighted by Crippen LogP contribution is -2.56. The molecule has 1 N–H and O–H groups in total. The lowest BCUT2D eigenvalue weighted by atomic mass is 9.58. The molecule has 3 fully saturated rings. The molecule has 0 bridgehead atoms. The molecule has 52 heavy (non-hydrogen) atoms. The van der Waals surface area contributed by atoms with Gasteiger partial charge in [0.2, 0.25) is 15.7 Å². The Morgan fingerprint density at radius 1 is 1.08 bits per heavy atom. The Kier molecular flexibility index (Phi) is 10.4. The highest BCUT2D eigenvalue weighted by Crippen LogP contribution is 2.52. The third-order valence-corrected chi connectivity index (χ3v) is 13.6. The second-order valence-corrected chi connectivity index (χ2v) is 16.9. The zero-order chi connectivity index (χ0) is 36.5. The van der Waals surface area contributed by atoms with Crippen LogP contribution in [0.25, 0.3) is 0 Å². The average molecular weight is 728 g/mol. The number of piperidine rings is 1. The molecule has 3 aliphatic rings. The molecule has 1 aliphatic carbocycles. The summed E-state index contributed by atoms with van der Waals surface area (Å²) in [5.74, 6) is 1.56. The number of likely N-dealkylation sites (tertiary alicyclic amines) is 1. The fraction of sp³-hybridized carbons (Fsp3) is 0.475. The van der Waals surface area contributed by atoms with E-state index in [2.05, 4.69) is 55.5 Å². The lowest BCUT2D eigenvalue weighted by Gasteiger charge is -2.51. The first kappa shape index (κ1) is 36.1. The molecule has 1 saturated carbocycles. The maximum absolute atomic E-state index is 15.1. The van der Waals surface area contributed by atoms with Crippen LogP contribution in [-0.2, 0) is 40.1 Å². The molecule has 2 aliphatic heterocycles. The number of nitrogens with zero attached hydrogens (tertiary/aromatic N) is 6. The standard InChI is InChI=1S/C40H50FN7O3S/c1-4-38-42-18-21-47(38)28-40(31-8-6-9-32(41)22-31,36-10-7-11-37(36)44-39(49)5-2)30-16-19-46(20-17-30)24-29-25-48(26-29)33-12-14-34(15-13-33)52(50,51)35-23-43-45(3)27-35/h5-6,8-9,12-15,18,21-23,27,29-30,36-37H,2,4,7,10-11,16-17,19-20,24-26,28H2,1,3H3,(H,44,49)/t36-,37-,40?/m0/s1. The van der Waals surface area contributed by atoms with E-state index in [1.165, 1.54) is 29.2 Å². The Morgan fingerprint density at radius 2 is 1.85 bits per heavy atom. The molecular formula is C40H50FN7O3S.